The number of guanidine groups is 1. The highest BCUT2D eigenvalue weighted by Gasteiger charge is 2.00. The van der Waals surface area contributed by atoms with Crippen molar-refractivity contribution in [3.8, 4) is 5.75 Å². The highest BCUT2D eigenvalue weighted by atomic mass is 127. The molecule has 0 atom stereocenters. The second kappa shape index (κ2) is 13.2. The van der Waals surface area contributed by atoms with E-state index in [4.69, 9.17) is 4.74 Å². The molecule has 0 radical (unpaired) electrons. The van der Waals surface area contributed by atoms with Crippen molar-refractivity contribution >= 4 is 41.3 Å². The summed E-state index contributed by atoms with van der Waals surface area (Å²) in [7, 11) is 0. The van der Waals surface area contributed by atoms with Gasteiger partial charge in [0.15, 0.2) is 5.96 Å². The maximum absolute atomic E-state index is 5.78. The van der Waals surface area contributed by atoms with Gasteiger partial charge in [0.05, 0.1) is 12.2 Å². The number of nitrogens with one attached hydrogen (secondary N) is 2. The molecule has 5 nitrogen and oxygen atoms in total. The molecule has 0 amide bonds. The molecule has 0 spiro atoms. The predicted molar refractivity (Wildman–Crippen MR) is 131 cm³/mol. The van der Waals surface area contributed by atoms with E-state index < -0.39 is 0 Å². The van der Waals surface area contributed by atoms with Crippen LogP contribution >= 0.6 is 35.3 Å². The van der Waals surface area contributed by atoms with Gasteiger partial charge in [-0.1, -0.05) is 24.3 Å². The fraction of sp³-hybridized carbons (Fsp3) is 0.273. The summed E-state index contributed by atoms with van der Waals surface area (Å²) in [5.74, 6) is 1.67. The highest BCUT2D eigenvalue weighted by Crippen LogP contribution is 2.14. The molecular formula is C22H27IN4OS. The van der Waals surface area contributed by atoms with Crippen molar-refractivity contribution in [2.45, 2.75) is 26.5 Å². The number of halogens is 1. The lowest BCUT2D eigenvalue weighted by Gasteiger charge is -2.11. The van der Waals surface area contributed by atoms with Crippen LogP contribution in [0.5, 0.6) is 5.75 Å². The van der Waals surface area contributed by atoms with Crippen LogP contribution in [-0.4, -0.2) is 24.0 Å². The van der Waals surface area contributed by atoms with Gasteiger partial charge in [-0.15, -0.1) is 35.3 Å². The van der Waals surface area contributed by atoms with E-state index in [1.807, 2.05) is 42.5 Å². The van der Waals surface area contributed by atoms with Gasteiger partial charge in [-0.25, -0.2) is 4.99 Å². The van der Waals surface area contributed by atoms with Gasteiger partial charge in [0.25, 0.3) is 0 Å². The van der Waals surface area contributed by atoms with Gasteiger partial charge in [-0.05, 0) is 54.6 Å². The lowest BCUT2D eigenvalue weighted by Crippen LogP contribution is -2.38. The number of hydrogen-bond acceptors (Lipinski definition) is 4. The number of pyridine rings is 1. The zero-order valence-corrected chi connectivity index (χ0v) is 19.7. The topological polar surface area (TPSA) is 58.5 Å². The van der Waals surface area contributed by atoms with Crippen LogP contribution in [0.15, 0.2) is 71.2 Å². The second-order valence-corrected chi connectivity index (χ2v) is 7.24. The minimum absolute atomic E-state index is 0. The van der Waals surface area contributed by atoms with Crippen molar-refractivity contribution < 1.29 is 4.74 Å². The Hall–Kier alpha value is -2.13. The van der Waals surface area contributed by atoms with Crippen LogP contribution in [0.25, 0.3) is 0 Å². The van der Waals surface area contributed by atoms with E-state index in [1.165, 1.54) is 4.88 Å². The van der Waals surface area contributed by atoms with Gasteiger partial charge in [0.2, 0.25) is 0 Å². The molecule has 1 aromatic carbocycles. The molecule has 0 fully saturated rings. The zero-order chi connectivity index (χ0) is 19.4. The normalized spacial score (nSPS) is 10.9. The van der Waals surface area contributed by atoms with Crippen LogP contribution in [-0.2, 0) is 19.6 Å². The first-order valence-electron chi connectivity index (χ1n) is 9.49. The van der Waals surface area contributed by atoms with E-state index in [0.29, 0.717) is 13.2 Å². The molecule has 2 N–H and O–H groups in total. The molecule has 0 unspecified atom stereocenters. The minimum Gasteiger partial charge on any atom is -0.487 e. The maximum atomic E-state index is 5.78. The Kier molecular flexibility index (Phi) is 10.5. The van der Waals surface area contributed by atoms with Gasteiger partial charge in [0.1, 0.15) is 12.4 Å². The lowest BCUT2D eigenvalue weighted by molar-refractivity contribution is 0.301. The van der Waals surface area contributed by atoms with Gasteiger partial charge >= 0.3 is 0 Å². The molecule has 0 saturated heterocycles. The summed E-state index contributed by atoms with van der Waals surface area (Å²) < 4.78 is 5.78. The summed E-state index contributed by atoms with van der Waals surface area (Å²) in [5.41, 5.74) is 2.06. The predicted octanol–water partition coefficient (Wildman–Crippen LogP) is 4.64. The standard InChI is InChI=1S/C22H26N4OS.HI/c1-2-23-22(25-14-12-21-7-5-15-28-21)26-16-18-8-10-20(11-9-18)27-17-19-6-3-4-13-24-19;/h3-11,13,15H,2,12,14,16-17H2,1H3,(H2,23,25,26);1H. The fourth-order valence-electron chi connectivity index (χ4n) is 2.60. The minimum atomic E-state index is 0. The van der Waals surface area contributed by atoms with Crippen molar-refractivity contribution in [2.24, 2.45) is 4.99 Å². The van der Waals surface area contributed by atoms with Crippen molar-refractivity contribution in [1.82, 2.24) is 15.6 Å². The van der Waals surface area contributed by atoms with Crippen molar-refractivity contribution in [2.75, 3.05) is 13.1 Å². The summed E-state index contributed by atoms with van der Waals surface area (Å²) in [4.78, 5) is 10.3. The molecule has 0 bridgehead atoms. The molecular weight excluding hydrogens is 495 g/mol. The summed E-state index contributed by atoms with van der Waals surface area (Å²) in [6, 6.07) is 18.1. The third-order valence-corrected chi connectivity index (χ3v) is 4.98. The van der Waals surface area contributed by atoms with Crippen LogP contribution in [0.4, 0.5) is 0 Å². The number of rotatable bonds is 9. The van der Waals surface area contributed by atoms with Crippen LogP contribution in [0, 0.1) is 0 Å². The number of ether oxygens (including phenoxy) is 1. The number of thiophene rings is 1. The van der Waals surface area contributed by atoms with E-state index in [2.05, 4.69) is 45.0 Å². The van der Waals surface area contributed by atoms with Crippen LogP contribution in [0.2, 0.25) is 0 Å². The Morgan fingerprint density at radius 2 is 1.93 bits per heavy atom. The third kappa shape index (κ3) is 8.41. The average Bonchev–Trinajstić information content (AvgIpc) is 3.25. The zero-order valence-electron chi connectivity index (χ0n) is 16.5. The second-order valence-electron chi connectivity index (χ2n) is 6.21. The molecule has 0 aliphatic carbocycles. The van der Waals surface area contributed by atoms with Crippen LogP contribution < -0.4 is 15.4 Å². The largest absolute Gasteiger partial charge is 0.487 e. The van der Waals surface area contributed by atoms with Crippen LogP contribution in [0.1, 0.15) is 23.1 Å². The molecule has 154 valence electrons. The molecule has 2 heterocycles. The maximum Gasteiger partial charge on any atom is 0.191 e. The van der Waals surface area contributed by atoms with E-state index in [9.17, 15) is 0 Å². The first kappa shape index (κ1) is 23.2. The molecule has 0 aliphatic rings. The average molecular weight is 522 g/mol. The van der Waals surface area contributed by atoms with Gasteiger partial charge in [-0.3, -0.25) is 4.98 Å². The Labute approximate surface area is 193 Å². The number of hydrogen-bond donors (Lipinski definition) is 2. The summed E-state index contributed by atoms with van der Waals surface area (Å²) in [6.07, 6.45) is 2.78. The first-order chi connectivity index (χ1) is 13.8. The Bertz CT molecular complexity index is 839. The number of aliphatic imine (C=N–C) groups is 1. The quantitative estimate of drug-likeness (QED) is 0.244. The smallest absolute Gasteiger partial charge is 0.191 e. The van der Waals surface area contributed by atoms with E-state index in [0.717, 1.165) is 42.5 Å². The van der Waals surface area contributed by atoms with Crippen molar-refractivity contribution in [3.63, 3.8) is 0 Å². The Morgan fingerprint density at radius 1 is 1.07 bits per heavy atom. The monoisotopic (exact) mass is 522 g/mol. The Morgan fingerprint density at radius 3 is 2.62 bits per heavy atom. The fourth-order valence-corrected chi connectivity index (χ4v) is 3.31. The van der Waals surface area contributed by atoms with Crippen molar-refractivity contribution in [1.29, 1.82) is 0 Å². The van der Waals surface area contributed by atoms with Crippen molar-refractivity contribution in [3.05, 3.63) is 82.3 Å². The number of aromatic nitrogens is 1. The lowest BCUT2D eigenvalue weighted by atomic mass is 10.2. The summed E-state index contributed by atoms with van der Waals surface area (Å²) in [6.45, 7) is 4.87. The molecule has 0 saturated carbocycles. The Balaban J connectivity index is 0.00000300. The highest BCUT2D eigenvalue weighted by molar-refractivity contribution is 14.0. The first-order valence-corrected chi connectivity index (χ1v) is 10.4. The van der Waals surface area contributed by atoms with E-state index in [1.54, 1.807) is 17.5 Å². The molecule has 7 heteroatoms. The number of benzene rings is 1. The number of nitrogens with zero attached hydrogens (tertiary/aromatic N) is 2. The molecule has 0 aliphatic heterocycles. The van der Waals surface area contributed by atoms with E-state index >= 15 is 0 Å². The summed E-state index contributed by atoms with van der Waals surface area (Å²) in [5, 5.41) is 8.80. The van der Waals surface area contributed by atoms with Gasteiger partial charge in [-0.2, -0.15) is 0 Å². The third-order valence-electron chi connectivity index (χ3n) is 4.04. The van der Waals surface area contributed by atoms with Gasteiger partial charge < -0.3 is 15.4 Å². The van der Waals surface area contributed by atoms with Crippen LogP contribution in [0.3, 0.4) is 0 Å². The molecule has 3 aromatic rings. The molecule has 3 rings (SSSR count). The van der Waals surface area contributed by atoms with E-state index in [-0.39, 0.29) is 24.0 Å². The summed E-state index contributed by atoms with van der Waals surface area (Å²) >= 11 is 1.79. The molecule has 29 heavy (non-hydrogen) atoms. The van der Waals surface area contributed by atoms with Gasteiger partial charge in [0, 0.05) is 24.2 Å². The molecule has 2 aromatic heterocycles. The SMILES string of the molecule is CCNC(=NCc1ccc(OCc2ccccn2)cc1)NCCc1cccs1.I.